The predicted molar refractivity (Wildman–Crippen MR) is 60.5 cm³/mol. The number of nitrogens with zero attached hydrogens (tertiary/aromatic N) is 1. The van der Waals surface area contributed by atoms with Crippen LogP contribution in [0.4, 0.5) is 0 Å². The molecule has 2 rings (SSSR count). The Balaban J connectivity index is 1.58. The van der Waals surface area contributed by atoms with Gasteiger partial charge in [0, 0.05) is 32.2 Å². The molecule has 1 aliphatic heterocycles. The fraction of sp³-hybridized carbons (Fsp3) is 1.00. The molecule has 1 heterocycles. The first-order valence-corrected chi connectivity index (χ1v) is 6.16. The van der Waals surface area contributed by atoms with Crippen molar-refractivity contribution in [3.05, 3.63) is 0 Å². The summed E-state index contributed by atoms with van der Waals surface area (Å²) in [6.07, 6.45) is 5.97. The number of likely N-dealkylation sites (tertiary alicyclic amines) is 1. The summed E-state index contributed by atoms with van der Waals surface area (Å²) < 4.78 is 0. The number of hydrogen-bond acceptors (Lipinski definition) is 2. The SMILES string of the molecule is CC(C)NCCN1CC2(CCCC2)C1. The molecule has 0 unspecified atom stereocenters. The van der Waals surface area contributed by atoms with E-state index in [1.165, 1.54) is 45.3 Å². The summed E-state index contributed by atoms with van der Waals surface area (Å²) in [6, 6.07) is 0.636. The minimum Gasteiger partial charge on any atom is -0.313 e. The van der Waals surface area contributed by atoms with Gasteiger partial charge in [-0.25, -0.2) is 0 Å². The number of hydrogen-bond donors (Lipinski definition) is 1. The number of nitrogens with one attached hydrogen (secondary N) is 1. The third-order valence-corrected chi connectivity index (χ3v) is 3.76. The molecule has 1 spiro atoms. The first kappa shape index (κ1) is 10.4. The highest BCUT2D eigenvalue weighted by molar-refractivity contribution is 4.97. The van der Waals surface area contributed by atoms with Crippen LogP contribution in [0.1, 0.15) is 39.5 Å². The maximum Gasteiger partial charge on any atom is 0.0107 e. The molecule has 0 radical (unpaired) electrons. The summed E-state index contributed by atoms with van der Waals surface area (Å²) in [7, 11) is 0. The summed E-state index contributed by atoms with van der Waals surface area (Å²) in [5, 5.41) is 3.48. The van der Waals surface area contributed by atoms with Crippen molar-refractivity contribution in [1.82, 2.24) is 10.2 Å². The predicted octanol–water partition coefficient (Wildman–Crippen LogP) is 1.86. The Morgan fingerprint density at radius 3 is 2.43 bits per heavy atom. The van der Waals surface area contributed by atoms with Crippen molar-refractivity contribution in [2.45, 2.75) is 45.6 Å². The first-order chi connectivity index (χ1) is 6.70. The molecule has 0 aromatic rings. The molecule has 0 atom stereocenters. The van der Waals surface area contributed by atoms with E-state index in [0.29, 0.717) is 6.04 Å². The Kier molecular flexibility index (Phi) is 3.13. The van der Waals surface area contributed by atoms with E-state index in [4.69, 9.17) is 0 Å². The third kappa shape index (κ3) is 2.29. The highest BCUT2D eigenvalue weighted by Crippen LogP contribution is 2.44. The second-order valence-electron chi connectivity index (χ2n) is 5.53. The second kappa shape index (κ2) is 4.19. The Bertz CT molecular complexity index is 175. The molecular formula is C12H24N2. The molecule has 2 fully saturated rings. The van der Waals surface area contributed by atoms with Crippen LogP contribution >= 0.6 is 0 Å². The van der Waals surface area contributed by atoms with Crippen molar-refractivity contribution in [2.75, 3.05) is 26.2 Å². The zero-order valence-corrected chi connectivity index (χ0v) is 9.68. The van der Waals surface area contributed by atoms with Crippen LogP contribution in [0.3, 0.4) is 0 Å². The first-order valence-electron chi connectivity index (χ1n) is 6.16. The summed E-state index contributed by atoms with van der Waals surface area (Å²) in [5.74, 6) is 0. The summed E-state index contributed by atoms with van der Waals surface area (Å²) in [4.78, 5) is 2.61. The van der Waals surface area contributed by atoms with E-state index in [-0.39, 0.29) is 0 Å². The molecule has 2 nitrogen and oxygen atoms in total. The molecule has 2 heteroatoms. The Morgan fingerprint density at radius 2 is 1.86 bits per heavy atom. The molecule has 14 heavy (non-hydrogen) atoms. The van der Waals surface area contributed by atoms with Gasteiger partial charge in [-0.05, 0) is 18.3 Å². The van der Waals surface area contributed by atoms with E-state index < -0.39 is 0 Å². The van der Waals surface area contributed by atoms with Gasteiger partial charge in [0.05, 0.1) is 0 Å². The summed E-state index contributed by atoms with van der Waals surface area (Å²) >= 11 is 0. The van der Waals surface area contributed by atoms with Gasteiger partial charge in [-0.1, -0.05) is 26.7 Å². The van der Waals surface area contributed by atoms with Crippen LogP contribution in [-0.4, -0.2) is 37.1 Å². The molecule has 0 aromatic carbocycles. The molecule has 1 aliphatic carbocycles. The van der Waals surface area contributed by atoms with E-state index >= 15 is 0 Å². The van der Waals surface area contributed by atoms with Crippen molar-refractivity contribution >= 4 is 0 Å². The fourth-order valence-corrected chi connectivity index (χ4v) is 3.01. The van der Waals surface area contributed by atoms with Crippen LogP contribution in [0.15, 0.2) is 0 Å². The van der Waals surface area contributed by atoms with Gasteiger partial charge < -0.3 is 10.2 Å². The lowest BCUT2D eigenvalue weighted by Crippen LogP contribution is -2.56. The maximum atomic E-state index is 3.48. The van der Waals surface area contributed by atoms with Crippen molar-refractivity contribution in [3.8, 4) is 0 Å². The van der Waals surface area contributed by atoms with E-state index in [0.717, 1.165) is 12.0 Å². The van der Waals surface area contributed by atoms with Crippen molar-refractivity contribution in [2.24, 2.45) is 5.41 Å². The lowest BCUT2D eigenvalue weighted by Gasteiger charge is -2.48. The van der Waals surface area contributed by atoms with E-state index in [1.807, 2.05) is 0 Å². The largest absolute Gasteiger partial charge is 0.313 e. The monoisotopic (exact) mass is 196 g/mol. The Hall–Kier alpha value is -0.0800. The van der Waals surface area contributed by atoms with Crippen molar-refractivity contribution < 1.29 is 0 Å². The lowest BCUT2D eigenvalue weighted by atomic mass is 9.78. The smallest absolute Gasteiger partial charge is 0.0107 e. The molecule has 1 saturated carbocycles. The van der Waals surface area contributed by atoms with E-state index in [1.54, 1.807) is 0 Å². The molecule has 0 amide bonds. The van der Waals surface area contributed by atoms with Crippen molar-refractivity contribution in [1.29, 1.82) is 0 Å². The molecule has 0 aromatic heterocycles. The van der Waals surface area contributed by atoms with E-state index in [2.05, 4.69) is 24.1 Å². The molecule has 1 N–H and O–H groups in total. The molecule has 82 valence electrons. The van der Waals surface area contributed by atoms with Crippen LogP contribution in [0.2, 0.25) is 0 Å². The zero-order chi connectivity index (χ0) is 10.0. The van der Waals surface area contributed by atoms with Crippen LogP contribution in [0, 0.1) is 5.41 Å². The second-order valence-corrected chi connectivity index (χ2v) is 5.53. The van der Waals surface area contributed by atoms with Gasteiger partial charge >= 0.3 is 0 Å². The number of rotatable bonds is 4. The average molecular weight is 196 g/mol. The molecule has 2 aliphatic rings. The quantitative estimate of drug-likeness (QED) is 0.738. The maximum absolute atomic E-state index is 3.48. The topological polar surface area (TPSA) is 15.3 Å². The van der Waals surface area contributed by atoms with Gasteiger partial charge in [-0.2, -0.15) is 0 Å². The minimum atomic E-state index is 0.636. The van der Waals surface area contributed by atoms with Crippen LogP contribution in [0.5, 0.6) is 0 Å². The lowest BCUT2D eigenvalue weighted by molar-refractivity contribution is 0.00713. The highest BCUT2D eigenvalue weighted by Gasteiger charge is 2.43. The van der Waals surface area contributed by atoms with Gasteiger partial charge in [0.2, 0.25) is 0 Å². The van der Waals surface area contributed by atoms with Gasteiger partial charge in [0.15, 0.2) is 0 Å². The zero-order valence-electron chi connectivity index (χ0n) is 9.68. The van der Waals surface area contributed by atoms with Gasteiger partial charge in [0.1, 0.15) is 0 Å². The van der Waals surface area contributed by atoms with Crippen LogP contribution < -0.4 is 5.32 Å². The van der Waals surface area contributed by atoms with Crippen LogP contribution in [0.25, 0.3) is 0 Å². The molecule has 0 bridgehead atoms. The van der Waals surface area contributed by atoms with E-state index in [9.17, 15) is 0 Å². The normalized spacial score (nSPS) is 25.9. The summed E-state index contributed by atoms with van der Waals surface area (Å²) in [5.41, 5.74) is 0.776. The van der Waals surface area contributed by atoms with Crippen molar-refractivity contribution in [3.63, 3.8) is 0 Å². The van der Waals surface area contributed by atoms with Gasteiger partial charge in [-0.3, -0.25) is 0 Å². The molecular weight excluding hydrogens is 172 g/mol. The van der Waals surface area contributed by atoms with Gasteiger partial charge in [-0.15, -0.1) is 0 Å². The van der Waals surface area contributed by atoms with Crippen LogP contribution in [-0.2, 0) is 0 Å². The summed E-state index contributed by atoms with van der Waals surface area (Å²) in [6.45, 7) is 9.61. The Labute approximate surface area is 88.1 Å². The minimum absolute atomic E-state index is 0.636. The fourth-order valence-electron chi connectivity index (χ4n) is 3.01. The molecule has 1 saturated heterocycles. The third-order valence-electron chi connectivity index (χ3n) is 3.76. The average Bonchev–Trinajstić information content (AvgIpc) is 2.51. The van der Waals surface area contributed by atoms with Gasteiger partial charge in [0.25, 0.3) is 0 Å². The standard InChI is InChI=1S/C12H24N2/c1-11(2)13-7-8-14-9-12(10-14)5-3-4-6-12/h11,13H,3-10H2,1-2H3. The Morgan fingerprint density at radius 1 is 1.21 bits per heavy atom. The highest BCUT2D eigenvalue weighted by atomic mass is 15.2.